The number of rotatable bonds is 2. The fourth-order valence-corrected chi connectivity index (χ4v) is 1.42. The lowest BCUT2D eigenvalue weighted by molar-refractivity contribution is 0.233. The van der Waals surface area contributed by atoms with Crippen LogP contribution in [0.2, 0.25) is 0 Å². The van der Waals surface area contributed by atoms with Gasteiger partial charge in [-0.2, -0.15) is 0 Å². The molecule has 0 aliphatic carbocycles. The molecule has 0 amide bonds. The first-order valence-electron chi connectivity index (χ1n) is 4.05. The molecule has 0 spiro atoms. The van der Waals surface area contributed by atoms with Crippen LogP contribution in [-0.4, -0.2) is 25.6 Å². The van der Waals surface area contributed by atoms with Crippen molar-refractivity contribution in [3.8, 4) is 0 Å². The van der Waals surface area contributed by atoms with Crippen molar-refractivity contribution in [2.45, 2.75) is 0 Å². The first-order valence-corrected chi connectivity index (χ1v) is 5.54. The number of hydrogen-bond acceptors (Lipinski definition) is 5. The van der Waals surface area contributed by atoms with Crippen LogP contribution in [0.5, 0.6) is 0 Å². The van der Waals surface area contributed by atoms with Crippen molar-refractivity contribution in [1.29, 1.82) is 0 Å². The first kappa shape index (κ1) is 9.78. The molecule has 0 saturated carbocycles. The van der Waals surface area contributed by atoms with E-state index in [1.165, 1.54) is 6.26 Å². The van der Waals surface area contributed by atoms with Gasteiger partial charge in [-0.05, 0) is 22.2 Å². The van der Waals surface area contributed by atoms with Gasteiger partial charge in [0.05, 0.1) is 11.6 Å². The highest BCUT2D eigenvalue weighted by Crippen LogP contribution is 2.02. The van der Waals surface area contributed by atoms with E-state index in [2.05, 4.69) is 14.6 Å². The largest absolute Gasteiger partial charge is 0.315 e. The van der Waals surface area contributed by atoms with Gasteiger partial charge in [0, 0.05) is 0 Å². The van der Waals surface area contributed by atoms with Gasteiger partial charge in [-0.1, -0.05) is 12.1 Å². The van der Waals surface area contributed by atoms with E-state index < -0.39 is 16.6 Å². The zero-order valence-corrected chi connectivity index (χ0v) is 8.60. The monoisotopic (exact) mass is 225 g/mol. The fourth-order valence-electron chi connectivity index (χ4n) is 1.12. The molecule has 2 aromatic rings. The molecule has 0 radical (unpaired) electrons. The maximum Gasteiger partial charge on any atom is 0.315 e. The summed E-state index contributed by atoms with van der Waals surface area (Å²) in [5.41, 5.74) is 0.0000328. The molecule has 1 heterocycles. The molecule has 78 valence electrons. The molecule has 7 heteroatoms. The lowest BCUT2D eigenvalue weighted by atomic mass is 10.2. The van der Waals surface area contributed by atoms with E-state index in [0.29, 0.717) is 15.7 Å². The van der Waals surface area contributed by atoms with Gasteiger partial charge in [0.25, 0.3) is 0 Å². The lowest BCUT2D eigenvalue weighted by Gasteiger charge is -2.01. The minimum absolute atomic E-state index is 0.373. The number of hydrogen-bond donors (Lipinski definition) is 0. The van der Waals surface area contributed by atoms with Gasteiger partial charge in [-0.15, -0.1) is 5.10 Å². The normalized spacial score (nSPS) is 12.6. The first-order chi connectivity index (χ1) is 7.18. The molecule has 0 fully saturated rings. The van der Waals surface area contributed by atoms with Gasteiger partial charge >= 0.3 is 5.56 Å². The lowest BCUT2D eigenvalue weighted by Crippen LogP contribution is -2.31. The topological polar surface area (TPSA) is 74.1 Å². The average molecular weight is 225 g/mol. The van der Waals surface area contributed by atoms with Gasteiger partial charge in [0.15, 0.2) is 0 Å². The van der Waals surface area contributed by atoms with Crippen molar-refractivity contribution in [2.24, 2.45) is 0 Å². The summed E-state index contributed by atoms with van der Waals surface area (Å²) in [5, 5.41) is 7.61. The van der Waals surface area contributed by atoms with Crippen LogP contribution < -0.4 is 9.84 Å². The summed E-state index contributed by atoms with van der Waals surface area (Å²) in [6, 6.07) is 6.72. The Morgan fingerprint density at radius 1 is 1.40 bits per heavy atom. The number of benzene rings is 1. The molecule has 0 bridgehead atoms. The zero-order valence-electron chi connectivity index (χ0n) is 7.78. The Hall–Kier alpha value is -1.76. The van der Waals surface area contributed by atoms with Crippen molar-refractivity contribution < 1.29 is 8.49 Å². The maximum absolute atomic E-state index is 11.7. The molecular formula is C8H7N3O3S. The predicted octanol–water partition coefficient (Wildman–Crippen LogP) is -0.486. The fraction of sp³-hybridized carbons (Fsp3) is 0.125. The molecule has 2 rings (SSSR count). The molecule has 0 aliphatic heterocycles. The Labute approximate surface area is 87.1 Å². The molecule has 15 heavy (non-hydrogen) atoms. The smallest absolute Gasteiger partial charge is 0.288 e. The molecule has 1 atom stereocenters. The van der Waals surface area contributed by atoms with Gasteiger partial charge in [0.1, 0.15) is 5.52 Å². The van der Waals surface area contributed by atoms with E-state index in [1.54, 1.807) is 24.3 Å². The van der Waals surface area contributed by atoms with Crippen molar-refractivity contribution in [3.63, 3.8) is 0 Å². The number of fused-ring (bicyclic) bond motifs is 1. The Morgan fingerprint density at radius 3 is 2.87 bits per heavy atom. The van der Waals surface area contributed by atoms with E-state index in [9.17, 15) is 9.00 Å². The predicted molar refractivity (Wildman–Crippen MR) is 54.4 cm³/mol. The van der Waals surface area contributed by atoms with E-state index in [4.69, 9.17) is 0 Å². The molecule has 0 aliphatic rings. The number of nitrogens with zero attached hydrogens (tertiary/aromatic N) is 3. The summed E-state index contributed by atoms with van der Waals surface area (Å²) in [7, 11) is 0. The van der Waals surface area contributed by atoms with Gasteiger partial charge in [0.2, 0.25) is 11.1 Å². The second-order valence-electron chi connectivity index (χ2n) is 2.76. The van der Waals surface area contributed by atoms with Crippen LogP contribution >= 0.6 is 0 Å². The van der Waals surface area contributed by atoms with E-state index >= 15 is 0 Å². The third-order valence-electron chi connectivity index (χ3n) is 1.72. The third-order valence-corrected chi connectivity index (χ3v) is 2.07. The van der Waals surface area contributed by atoms with Gasteiger partial charge in [-0.3, -0.25) is 9.08 Å². The van der Waals surface area contributed by atoms with E-state index in [-0.39, 0.29) is 0 Å². The summed E-state index contributed by atoms with van der Waals surface area (Å²) < 4.78 is 15.4. The molecule has 0 saturated heterocycles. The summed E-state index contributed by atoms with van der Waals surface area (Å²) in [5.74, 6) is 0. The van der Waals surface area contributed by atoms with Crippen LogP contribution in [0.1, 0.15) is 0 Å². The van der Waals surface area contributed by atoms with Crippen LogP contribution in [0.4, 0.5) is 0 Å². The molecule has 1 aromatic carbocycles. The van der Waals surface area contributed by atoms with Gasteiger partial charge < -0.3 is 0 Å². The molecule has 1 aromatic heterocycles. The van der Waals surface area contributed by atoms with Crippen molar-refractivity contribution in [1.82, 2.24) is 15.2 Å². The molecular weight excluding hydrogens is 218 g/mol. The third kappa shape index (κ3) is 1.86. The highest BCUT2D eigenvalue weighted by atomic mass is 32.2. The van der Waals surface area contributed by atoms with E-state index in [0.717, 1.165) is 0 Å². The Bertz CT molecular complexity index is 581. The quantitative estimate of drug-likeness (QED) is 0.689. The van der Waals surface area contributed by atoms with Crippen molar-refractivity contribution >= 4 is 22.0 Å². The Morgan fingerprint density at radius 2 is 2.13 bits per heavy atom. The van der Waals surface area contributed by atoms with Crippen molar-refractivity contribution in [2.75, 3.05) is 6.26 Å². The number of aromatic nitrogens is 3. The summed E-state index contributed by atoms with van der Waals surface area (Å²) in [6.07, 6.45) is 1.29. The minimum atomic E-state index is -1.61. The Kier molecular flexibility index (Phi) is 2.46. The van der Waals surface area contributed by atoms with Crippen LogP contribution in [-0.2, 0) is 11.1 Å². The highest BCUT2D eigenvalue weighted by molar-refractivity contribution is 7.79. The van der Waals surface area contributed by atoms with Crippen LogP contribution in [0, 0.1) is 0 Å². The maximum atomic E-state index is 11.7. The van der Waals surface area contributed by atoms with E-state index in [1.807, 2.05) is 0 Å². The molecule has 1 unspecified atom stereocenters. The Balaban J connectivity index is 2.65. The minimum Gasteiger partial charge on any atom is -0.288 e. The summed E-state index contributed by atoms with van der Waals surface area (Å²) >= 11 is -1.61. The van der Waals surface area contributed by atoms with Crippen LogP contribution in [0.15, 0.2) is 29.1 Å². The second kappa shape index (κ2) is 3.77. The standard InChI is InChI=1S/C8H7N3O3S/c1-15(13)14-11-8(12)6-4-2-3-5-7(6)9-10-11/h2-5H,1H3. The molecule has 6 nitrogen and oxygen atoms in total. The summed E-state index contributed by atoms with van der Waals surface area (Å²) in [6.45, 7) is 0. The molecule has 0 N–H and O–H groups in total. The van der Waals surface area contributed by atoms with Crippen LogP contribution in [0.25, 0.3) is 10.9 Å². The highest BCUT2D eigenvalue weighted by Gasteiger charge is 2.06. The van der Waals surface area contributed by atoms with Crippen LogP contribution in [0.3, 0.4) is 0 Å². The average Bonchev–Trinajstić information content (AvgIpc) is 2.22. The second-order valence-corrected chi connectivity index (χ2v) is 3.71. The van der Waals surface area contributed by atoms with Gasteiger partial charge in [-0.25, -0.2) is 4.21 Å². The zero-order chi connectivity index (χ0) is 10.8. The SMILES string of the molecule is CS(=O)On1nnc2ccccc2c1=O. The van der Waals surface area contributed by atoms with Crippen molar-refractivity contribution in [3.05, 3.63) is 34.6 Å². The summed E-state index contributed by atoms with van der Waals surface area (Å²) in [4.78, 5) is 12.3.